The molecule has 1 atom stereocenters. The molecule has 188 valence electrons. The number of carbonyl (C=O) groups excluding carboxylic acids is 1. The number of hydrogen-bond acceptors (Lipinski definition) is 9. The summed E-state index contributed by atoms with van der Waals surface area (Å²) in [7, 11) is 1.59. The Morgan fingerprint density at radius 1 is 1.11 bits per heavy atom. The Kier molecular flexibility index (Phi) is 7.18. The highest BCUT2D eigenvalue weighted by Gasteiger charge is 2.21. The van der Waals surface area contributed by atoms with Crippen molar-refractivity contribution < 1.29 is 23.4 Å². The second-order valence-electron chi connectivity index (χ2n) is 8.91. The number of fused-ring (bicyclic) bond motifs is 2. The van der Waals surface area contributed by atoms with Crippen molar-refractivity contribution in [2.45, 2.75) is 32.3 Å². The largest absolute Gasteiger partial charge is 0.493 e. The number of nitrogens with one attached hydrogen (secondary N) is 1. The molecule has 0 radical (unpaired) electrons. The predicted molar refractivity (Wildman–Crippen MR) is 137 cm³/mol. The van der Waals surface area contributed by atoms with Crippen LogP contribution in [0.4, 0.5) is 11.5 Å². The molecule has 4 aromatic rings. The Balaban J connectivity index is 1.38. The van der Waals surface area contributed by atoms with Gasteiger partial charge >= 0.3 is 5.97 Å². The van der Waals surface area contributed by atoms with E-state index in [0.29, 0.717) is 29.4 Å². The van der Waals surface area contributed by atoms with E-state index in [0.717, 1.165) is 48.0 Å². The lowest BCUT2D eigenvalue weighted by molar-refractivity contribution is -0.149. The number of benzene rings is 2. The monoisotopic (exact) mass is 490 g/mol. The fourth-order valence-corrected chi connectivity index (χ4v) is 4.64. The van der Waals surface area contributed by atoms with Crippen molar-refractivity contribution in [3.05, 3.63) is 49.0 Å². The molecular formula is C27H30N4O5. The first-order valence-electron chi connectivity index (χ1n) is 12.2. The molecule has 2 aromatic carbocycles. The summed E-state index contributed by atoms with van der Waals surface area (Å²) in [5.74, 6) is 1.40. The number of anilines is 2. The van der Waals surface area contributed by atoms with Crippen molar-refractivity contribution in [3.63, 3.8) is 0 Å². The molecule has 0 bridgehead atoms. The van der Waals surface area contributed by atoms with Crippen LogP contribution in [0.25, 0.3) is 21.9 Å². The van der Waals surface area contributed by atoms with Crippen molar-refractivity contribution in [3.8, 4) is 11.5 Å². The van der Waals surface area contributed by atoms with Crippen LogP contribution >= 0.6 is 0 Å². The van der Waals surface area contributed by atoms with Gasteiger partial charge in [0.2, 0.25) is 0 Å². The third-order valence-electron chi connectivity index (χ3n) is 6.34. The van der Waals surface area contributed by atoms with Gasteiger partial charge in [0.1, 0.15) is 30.4 Å². The van der Waals surface area contributed by atoms with Gasteiger partial charge in [-0.2, -0.15) is 0 Å². The molecular weight excluding hydrogens is 460 g/mol. The van der Waals surface area contributed by atoms with Crippen molar-refractivity contribution in [1.82, 2.24) is 14.9 Å². The molecule has 1 N–H and O–H groups in total. The molecule has 1 saturated heterocycles. The fourth-order valence-electron chi connectivity index (χ4n) is 4.64. The van der Waals surface area contributed by atoms with Crippen LogP contribution in [0.2, 0.25) is 0 Å². The van der Waals surface area contributed by atoms with Crippen molar-refractivity contribution in [1.29, 1.82) is 0 Å². The molecule has 0 spiro atoms. The number of furan rings is 1. The summed E-state index contributed by atoms with van der Waals surface area (Å²) < 4.78 is 22.8. The molecule has 1 fully saturated rings. The molecule has 1 aliphatic rings. The molecule has 0 amide bonds. The van der Waals surface area contributed by atoms with E-state index in [9.17, 15) is 4.79 Å². The number of likely N-dealkylation sites (tertiary alicyclic amines) is 1. The van der Waals surface area contributed by atoms with Crippen molar-refractivity contribution in [2.24, 2.45) is 0 Å². The normalized spacial score (nSPS) is 15.1. The summed E-state index contributed by atoms with van der Waals surface area (Å²) in [6.07, 6.45) is 6.37. The minimum atomic E-state index is -0.376. The molecule has 2 aromatic heterocycles. The van der Waals surface area contributed by atoms with Crippen molar-refractivity contribution >= 4 is 39.3 Å². The van der Waals surface area contributed by atoms with E-state index in [1.54, 1.807) is 13.4 Å². The van der Waals surface area contributed by atoms with Crippen LogP contribution in [0.3, 0.4) is 0 Å². The van der Waals surface area contributed by atoms with Gasteiger partial charge in [0, 0.05) is 30.3 Å². The maximum Gasteiger partial charge on any atom is 0.303 e. The Bertz CT molecular complexity index is 1350. The van der Waals surface area contributed by atoms with Crippen LogP contribution < -0.4 is 14.8 Å². The summed E-state index contributed by atoms with van der Waals surface area (Å²) in [4.78, 5) is 22.9. The number of nitrogens with zero attached hydrogens (tertiary/aromatic N) is 3. The summed E-state index contributed by atoms with van der Waals surface area (Å²) in [5, 5.41) is 5.14. The second-order valence-corrected chi connectivity index (χ2v) is 8.91. The van der Waals surface area contributed by atoms with Crippen molar-refractivity contribution in [2.75, 3.05) is 38.7 Å². The van der Waals surface area contributed by atoms with Crippen LogP contribution in [-0.2, 0) is 9.53 Å². The molecule has 36 heavy (non-hydrogen) atoms. The lowest BCUT2D eigenvalue weighted by Crippen LogP contribution is -2.40. The van der Waals surface area contributed by atoms with Gasteiger partial charge in [0.15, 0.2) is 11.5 Å². The van der Waals surface area contributed by atoms with Gasteiger partial charge in [-0.15, -0.1) is 0 Å². The number of ether oxygens (including phenoxy) is 3. The molecule has 0 saturated carbocycles. The lowest BCUT2D eigenvalue weighted by atomic mass is 10.1. The van der Waals surface area contributed by atoms with Crippen LogP contribution in [0.5, 0.6) is 11.5 Å². The summed E-state index contributed by atoms with van der Waals surface area (Å²) >= 11 is 0. The fraction of sp³-hybridized carbons (Fsp3) is 0.370. The molecule has 9 heteroatoms. The van der Waals surface area contributed by atoms with Crippen LogP contribution in [0.15, 0.2) is 53.4 Å². The van der Waals surface area contributed by atoms with E-state index < -0.39 is 0 Å². The minimum absolute atomic E-state index is 0.219. The summed E-state index contributed by atoms with van der Waals surface area (Å²) in [5.41, 5.74) is 2.36. The van der Waals surface area contributed by atoms with Crippen LogP contribution in [0, 0.1) is 0 Å². The quantitative estimate of drug-likeness (QED) is 0.328. The summed E-state index contributed by atoms with van der Waals surface area (Å²) in [6.45, 7) is 4.31. The van der Waals surface area contributed by atoms with Gasteiger partial charge in [0.25, 0.3) is 0 Å². The average Bonchev–Trinajstić information content (AvgIpc) is 3.37. The van der Waals surface area contributed by atoms with Gasteiger partial charge in [-0.25, -0.2) is 9.97 Å². The average molecular weight is 491 g/mol. The van der Waals surface area contributed by atoms with Crippen LogP contribution in [-0.4, -0.2) is 60.3 Å². The molecule has 0 aliphatic carbocycles. The lowest BCUT2D eigenvalue weighted by Gasteiger charge is -2.30. The van der Waals surface area contributed by atoms with Gasteiger partial charge in [-0.1, -0.05) is 12.5 Å². The van der Waals surface area contributed by atoms with Gasteiger partial charge in [-0.05, 0) is 50.2 Å². The van der Waals surface area contributed by atoms with E-state index in [1.165, 1.54) is 19.7 Å². The number of piperidine rings is 1. The molecule has 3 heterocycles. The van der Waals surface area contributed by atoms with E-state index >= 15 is 0 Å². The van der Waals surface area contributed by atoms with E-state index in [-0.39, 0.29) is 18.7 Å². The van der Waals surface area contributed by atoms with E-state index in [4.69, 9.17) is 18.6 Å². The molecule has 1 aliphatic heterocycles. The second kappa shape index (κ2) is 10.8. The number of hydrogen-bond donors (Lipinski definition) is 1. The van der Waals surface area contributed by atoms with Gasteiger partial charge in [0.05, 0.1) is 24.6 Å². The highest BCUT2D eigenvalue weighted by molar-refractivity contribution is 5.97. The Hall–Kier alpha value is -3.85. The number of aromatic nitrogens is 2. The first kappa shape index (κ1) is 23.9. The van der Waals surface area contributed by atoms with E-state index in [2.05, 4.69) is 20.2 Å². The number of methoxy groups -OCH3 is 1. The molecule has 9 nitrogen and oxygen atoms in total. The standard InChI is InChI=1S/C27H30N4O5/c1-18(32)36-19(15-31-10-4-3-5-11-31)16-35-26-14-23-21(13-25(26)33-2)27(29-17-28-23)30-22-7-6-8-24-20(22)9-12-34-24/h6-9,12-14,17,19H,3-5,10-11,15-16H2,1-2H3,(H,28,29,30). The van der Waals surface area contributed by atoms with E-state index in [1.807, 2.05) is 36.4 Å². The third kappa shape index (κ3) is 5.36. The SMILES string of the molecule is COc1cc2c(Nc3cccc4occc34)ncnc2cc1OCC(CN1CCCCC1)OC(C)=O. The Labute approximate surface area is 209 Å². The molecule has 1 unspecified atom stereocenters. The zero-order valence-electron chi connectivity index (χ0n) is 20.5. The zero-order chi connectivity index (χ0) is 24.9. The number of esters is 1. The maximum absolute atomic E-state index is 11.7. The smallest absolute Gasteiger partial charge is 0.303 e. The maximum atomic E-state index is 11.7. The first-order valence-corrected chi connectivity index (χ1v) is 12.2. The highest BCUT2D eigenvalue weighted by atomic mass is 16.6. The highest BCUT2D eigenvalue weighted by Crippen LogP contribution is 2.36. The molecule has 5 rings (SSSR count). The predicted octanol–water partition coefficient (Wildman–Crippen LogP) is 4.92. The Morgan fingerprint density at radius 2 is 1.97 bits per heavy atom. The Morgan fingerprint density at radius 3 is 2.78 bits per heavy atom. The van der Waals surface area contributed by atoms with Gasteiger partial charge < -0.3 is 23.9 Å². The number of rotatable bonds is 9. The third-order valence-corrected chi connectivity index (χ3v) is 6.34. The first-order chi connectivity index (χ1) is 17.6. The number of carbonyl (C=O) groups is 1. The minimum Gasteiger partial charge on any atom is -0.493 e. The zero-order valence-corrected chi connectivity index (χ0v) is 20.5. The summed E-state index contributed by atoms with van der Waals surface area (Å²) in [6, 6.07) is 11.4. The van der Waals surface area contributed by atoms with Gasteiger partial charge in [-0.3, -0.25) is 9.69 Å². The topological polar surface area (TPSA) is 98.9 Å². The van der Waals surface area contributed by atoms with Crippen LogP contribution in [0.1, 0.15) is 26.2 Å².